The van der Waals surface area contributed by atoms with Gasteiger partial charge >= 0.3 is 0 Å². The summed E-state index contributed by atoms with van der Waals surface area (Å²) in [5.41, 5.74) is 0. The van der Waals surface area contributed by atoms with E-state index in [1.807, 2.05) is 13.0 Å². The summed E-state index contributed by atoms with van der Waals surface area (Å²) in [5.74, 6) is 0.254. The number of rotatable bonds is 4. The lowest BCUT2D eigenvalue weighted by Crippen LogP contribution is -2.14. The van der Waals surface area contributed by atoms with Crippen LogP contribution in [0.5, 0.6) is 5.75 Å². The van der Waals surface area contributed by atoms with Crippen molar-refractivity contribution in [1.82, 2.24) is 0 Å². The second kappa shape index (κ2) is 5.47. The van der Waals surface area contributed by atoms with E-state index < -0.39 is 10.0 Å². The van der Waals surface area contributed by atoms with Crippen LogP contribution < -0.4 is 9.88 Å². The molecule has 1 rings (SSSR count). The molecule has 16 heavy (non-hydrogen) atoms. The topological polar surface area (TPSA) is 69.4 Å². The van der Waals surface area contributed by atoms with E-state index in [9.17, 15) is 8.42 Å². The number of hydrogen-bond donors (Lipinski definition) is 1. The standard InChI is InChI=1S/C10H12BrNO3S/c1-2-3-6-15-9-5-4-8(11)7-10(9)16(12,13)14/h2-5,7H,6H2,1H3,(H2,12,13,14)/b3-2+. The van der Waals surface area contributed by atoms with E-state index in [1.54, 1.807) is 18.2 Å². The Balaban J connectivity index is 3.08. The first-order valence-electron chi connectivity index (χ1n) is 4.51. The van der Waals surface area contributed by atoms with Crippen LogP contribution in [0.1, 0.15) is 6.92 Å². The van der Waals surface area contributed by atoms with Gasteiger partial charge in [0.1, 0.15) is 17.3 Å². The minimum Gasteiger partial charge on any atom is -0.488 e. The lowest BCUT2D eigenvalue weighted by atomic mass is 10.3. The van der Waals surface area contributed by atoms with Crippen molar-refractivity contribution in [2.24, 2.45) is 5.14 Å². The summed E-state index contributed by atoms with van der Waals surface area (Å²) in [6.45, 7) is 2.16. The zero-order valence-electron chi connectivity index (χ0n) is 8.68. The predicted molar refractivity (Wildman–Crippen MR) is 65.8 cm³/mol. The van der Waals surface area contributed by atoms with E-state index in [4.69, 9.17) is 9.88 Å². The summed E-state index contributed by atoms with van der Waals surface area (Å²) in [4.78, 5) is -0.0219. The van der Waals surface area contributed by atoms with Gasteiger partial charge in [-0.2, -0.15) is 0 Å². The van der Waals surface area contributed by atoms with Crippen molar-refractivity contribution in [2.45, 2.75) is 11.8 Å². The predicted octanol–water partition coefficient (Wildman–Crippen LogP) is 2.05. The van der Waals surface area contributed by atoms with E-state index in [0.717, 1.165) is 0 Å². The molecule has 2 N–H and O–H groups in total. The summed E-state index contributed by atoms with van der Waals surface area (Å²) in [6.07, 6.45) is 3.59. The van der Waals surface area contributed by atoms with Gasteiger partial charge in [0.2, 0.25) is 10.0 Å². The third-order valence-corrected chi connectivity index (χ3v) is 3.21. The molecule has 0 aliphatic rings. The Labute approximate surface area is 103 Å². The van der Waals surface area contributed by atoms with Crippen molar-refractivity contribution in [3.63, 3.8) is 0 Å². The van der Waals surface area contributed by atoms with Crippen molar-refractivity contribution < 1.29 is 13.2 Å². The maximum Gasteiger partial charge on any atom is 0.241 e. The highest BCUT2D eigenvalue weighted by Crippen LogP contribution is 2.26. The molecule has 6 heteroatoms. The van der Waals surface area contributed by atoms with Gasteiger partial charge in [0.25, 0.3) is 0 Å². The van der Waals surface area contributed by atoms with E-state index in [1.165, 1.54) is 6.07 Å². The van der Waals surface area contributed by atoms with Gasteiger partial charge in [-0.05, 0) is 25.1 Å². The van der Waals surface area contributed by atoms with Crippen LogP contribution in [0.4, 0.5) is 0 Å². The van der Waals surface area contributed by atoms with E-state index in [0.29, 0.717) is 11.1 Å². The highest BCUT2D eigenvalue weighted by molar-refractivity contribution is 9.10. The van der Waals surface area contributed by atoms with Gasteiger partial charge in [0, 0.05) is 4.47 Å². The number of halogens is 1. The maximum atomic E-state index is 11.3. The van der Waals surface area contributed by atoms with Crippen molar-refractivity contribution in [2.75, 3.05) is 6.61 Å². The average molecular weight is 306 g/mol. The molecule has 0 amide bonds. The molecule has 0 saturated carbocycles. The SMILES string of the molecule is C/C=C/COc1ccc(Br)cc1S(N)(=O)=O. The van der Waals surface area contributed by atoms with Gasteiger partial charge in [0.15, 0.2) is 0 Å². The average Bonchev–Trinajstić information content (AvgIpc) is 2.19. The van der Waals surface area contributed by atoms with Crippen molar-refractivity contribution >= 4 is 26.0 Å². The molecular formula is C10H12BrNO3S. The lowest BCUT2D eigenvalue weighted by molar-refractivity contribution is 0.352. The smallest absolute Gasteiger partial charge is 0.241 e. The van der Waals surface area contributed by atoms with Gasteiger partial charge in [-0.1, -0.05) is 28.1 Å². The number of hydrogen-bond acceptors (Lipinski definition) is 3. The number of ether oxygens (including phenoxy) is 1. The van der Waals surface area contributed by atoms with Crippen molar-refractivity contribution in [3.8, 4) is 5.75 Å². The number of sulfonamides is 1. The highest BCUT2D eigenvalue weighted by atomic mass is 79.9. The molecule has 0 fully saturated rings. The molecule has 0 unspecified atom stereocenters. The molecule has 0 aromatic heterocycles. The molecular weight excluding hydrogens is 294 g/mol. The first kappa shape index (κ1) is 13.2. The normalized spacial score (nSPS) is 11.9. The van der Waals surface area contributed by atoms with Crippen LogP contribution in [-0.2, 0) is 10.0 Å². The summed E-state index contributed by atoms with van der Waals surface area (Å²) >= 11 is 3.18. The molecule has 1 aromatic rings. The third kappa shape index (κ3) is 3.62. The number of allylic oxidation sites excluding steroid dienone is 1. The fourth-order valence-corrected chi connectivity index (χ4v) is 2.27. The monoisotopic (exact) mass is 305 g/mol. The van der Waals surface area contributed by atoms with Crippen LogP contribution in [-0.4, -0.2) is 15.0 Å². The largest absolute Gasteiger partial charge is 0.488 e. The number of nitrogens with two attached hydrogens (primary N) is 1. The molecule has 4 nitrogen and oxygen atoms in total. The lowest BCUT2D eigenvalue weighted by Gasteiger charge is -2.08. The Morgan fingerprint density at radius 3 is 2.75 bits per heavy atom. The summed E-state index contributed by atoms with van der Waals surface area (Å²) in [6, 6.07) is 4.67. The minimum atomic E-state index is -3.77. The molecule has 0 heterocycles. The van der Waals surface area contributed by atoms with Crippen molar-refractivity contribution in [3.05, 3.63) is 34.8 Å². The van der Waals surface area contributed by atoms with Crippen molar-refractivity contribution in [1.29, 1.82) is 0 Å². The van der Waals surface area contributed by atoms with E-state index >= 15 is 0 Å². The molecule has 0 aliphatic carbocycles. The number of benzene rings is 1. The zero-order chi connectivity index (χ0) is 12.2. The second-order valence-electron chi connectivity index (χ2n) is 3.02. The van der Waals surface area contributed by atoms with Crippen LogP contribution in [0.2, 0.25) is 0 Å². The fraction of sp³-hybridized carbons (Fsp3) is 0.200. The summed E-state index contributed by atoms with van der Waals surface area (Å²) in [7, 11) is -3.77. The molecule has 0 atom stereocenters. The Morgan fingerprint density at radius 1 is 1.50 bits per heavy atom. The molecule has 0 spiro atoms. The summed E-state index contributed by atoms with van der Waals surface area (Å²) < 4.78 is 28.5. The zero-order valence-corrected chi connectivity index (χ0v) is 11.1. The van der Waals surface area contributed by atoms with Gasteiger partial charge in [-0.15, -0.1) is 0 Å². The Hall–Kier alpha value is -0.850. The second-order valence-corrected chi connectivity index (χ2v) is 5.46. The first-order chi connectivity index (χ1) is 7.45. The van der Waals surface area contributed by atoms with Gasteiger partial charge in [-0.3, -0.25) is 0 Å². The van der Waals surface area contributed by atoms with Gasteiger partial charge < -0.3 is 4.74 Å². The Morgan fingerprint density at radius 2 is 2.19 bits per heavy atom. The molecule has 0 radical (unpaired) electrons. The van der Waals surface area contributed by atoms with Crippen LogP contribution in [0.3, 0.4) is 0 Å². The van der Waals surface area contributed by atoms with Crippen LogP contribution in [0.15, 0.2) is 39.7 Å². The molecule has 0 saturated heterocycles. The van der Waals surface area contributed by atoms with Crippen LogP contribution >= 0.6 is 15.9 Å². The Kier molecular flexibility index (Phi) is 4.52. The van der Waals surface area contributed by atoms with E-state index in [2.05, 4.69) is 15.9 Å². The van der Waals surface area contributed by atoms with Crippen LogP contribution in [0, 0.1) is 0 Å². The minimum absolute atomic E-state index is 0.0219. The van der Waals surface area contributed by atoms with Gasteiger partial charge in [0.05, 0.1) is 0 Å². The molecule has 0 bridgehead atoms. The quantitative estimate of drug-likeness (QED) is 0.866. The highest BCUT2D eigenvalue weighted by Gasteiger charge is 2.15. The first-order valence-corrected chi connectivity index (χ1v) is 6.85. The van der Waals surface area contributed by atoms with Gasteiger partial charge in [-0.25, -0.2) is 13.6 Å². The molecule has 88 valence electrons. The van der Waals surface area contributed by atoms with E-state index in [-0.39, 0.29) is 10.6 Å². The summed E-state index contributed by atoms with van der Waals surface area (Å²) in [5, 5.41) is 5.08. The maximum absolute atomic E-state index is 11.3. The van der Waals surface area contributed by atoms with Crippen LogP contribution in [0.25, 0.3) is 0 Å². The number of primary sulfonamides is 1. The fourth-order valence-electron chi connectivity index (χ4n) is 1.06. The molecule has 0 aliphatic heterocycles. The molecule has 1 aromatic carbocycles. The third-order valence-electron chi connectivity index (χ3n) is 1.78. The Bertz CT molecular complexity index is 497.